The molecule has 0 atom stereocenters. The lowest BCUT2D eigenvalue weighted by atomic mass is 10.4. The van der Waals surface area contributed by atoms with E-state index >= 15 is 0 Å². The van der Waals surface area contributed by atoms with Crippen LogP contribution in [0.15, 0.2) is 15.5 Å². The zero-order valence-electron chi connectivity index (χ0n) is 7.33. The number of hydrogen-bond acceptors (Lipinski definition) is 4. The third-order valence-corrected chi connectivity index (χ3v) is 1.47. The van der Waals surface area contributed by atoms with E-state index in [9.17, 15) is 9.59 Å². The monoisotopic (exact) mass is 185 g/mol. The zero-order valence-corrected chi connectivity index (χ0v) is 7.33. The van der Waals surface area contributed by atoms with E-state index in [4.69, 9.17) is 4.74 Å². The molecule has 1 aromatic heterocycles. The quantitative estimate of drug-likeness (QED) is 0.559. The molecule has 1 aromatic rings. The molecule has 5 heteroatoms. The molecule has 0 aromatic carbocycles. The maximum Gasteiger partial charge on any atom is 0.416 e. The van der Waals surface area contributed by atoms with Gasteiger partial charge in [0.2, 0.25) is 0 Å². The Morgan fingerprint density at radius 1 is 1.69 bits per heavy atom. The van der Waals surface area contributed by atoms with Crippen LogP contribution in [0.25, 0.3) is 0 Å². The number of oxazole rings is 1. The second-order valence-electron chi connectivity index (χ2n) is 2.55. The molecular weight excluding hydrogens is 174 g/mol. The Labute approximate surface area is 74.7 Å². The summed E-state index contributed by atoms with van der Waals surface area (Å²) in [7, 11) is 0. The van der Waals surface area contributed by atoms with Crippen molar-refractivity contribution in [3.8, 4) is 0 Å². The lowest BCUT2D eigenvalue weighted by Crippen LogP contribution is -2.08. The maximum absolute atomic E-state index is 11.1. The molecule has 0 aliphatic carbocycles. The van der Waals surface area contributed by atoms with E-state index in [0.717, 1.165) is 19.1 Å². The van der Waals surface area contributed by atoms with E-state index in [1.165, 1.54) is 0 Å². The summed E-state index contributed by atoms with van der Waals surface area (Å²) in [5.74, 6) is -1.21. The number of carbonyl (C=O) groups is 1. The Hall–Kier alpha value is -1.52. The summed E-state index contributed by atoms with van der Waals surface area (Å²) < 4.78 is 9.19. The van der Waals surface area contributed by atoms with Gasteiger partial charge in [0.05, 0.1) is 6.61 Å². The van der Waals surface area contributed by atoms with Crippen molar-refractivity contribution in [1.29, 1.82) is 0 Å². The molecule has 1 heterocycles. The van der Waals surface area contributed by atoms with Gasteiger partial charge in [0.1, 0.15) is 6.26 Å². The Morgan fingerprint density at radius 3 is 3.00 bits per heavy atom. The highest BCUT2D eigenvalue weighted by Gasteiger charge is 2.09. The number of unbranched alkanes of at least 4 members (excludes halogenated alkanes) is 1. The van der Waals surface area contributed by atoms with Gasteiger partial charge in [-0.25, -0.2) is 9.59 Å². The first-order chi connectivity index (χ1) is 6.24. The molecule has 0 saturated heterocycles. The third-order valence-electron chi connectivity index (χ3n) is 1.47. The van der Waals surface area contributed by atoms with E-state index in [1.807, 2.05) is 6.92 Å². The SMILES string of the molecule is CCCCOC(=O)c1coc(=O)[nH]1. The van der Waals surface area contributed by atoms with Crippen LogP contribution in [-0.2, 0) is 4.74 Å². The maximum atomic E-state index is 11.1. The molecule has 0 fully saturated rings. The van der Waals surface area contributed by atoms with Crippen LogP contribution >= 0.6 is 0 Å². The zero-order chi connectivity index (χ0) is 9.68. The van der Waals surface area contributed by atoms with Crippen molar-refractivity contribution in [2.45, 2.75) is 19.8 Å². The average Bonchev–Trinajstić information content (AvgIpc) is 2.52. The van der Waals surface area contributed by atoms with E-state index in [1.54, 1.807) is 0 Å². The third kappa shape index (κ3) is 2.77. The van der Waals surface area contributed by atoms with Gasteiger partial charge >= 0.3 is 11.7 Å². The van der Waals surface area contributed by atoms with E-state index < -0.39 is 11.7 Å². The van der Waals surface area contributed by atoms with E-state index in [2.05, 4.69) is 9.40 Å². The highest BCUT2D eigenvalue weighted by Crippen LogP contribution is 1.96. The molecule has 1 N–H and O–H groups in total. The fraction of sp³-hybridized carbons (Fsp3) is 0.500. The van der Waals surface area contributed by atoms with Crippen molar-refractivity contribution >= 4 is 5.97 Å². The minimum atomic E-state index is -0.651. The number of nitrogens with one attached hydrogen (secondary N) is 1. The van der Waals surface area contributed by atoms with Gasteiger partial charge in [0.15, 0.2) is 5.69 Å². The van der Waals surface area contributed by atoms with E-state index in [0.29, 0.717) is 6.61 Å². The van der Waals surface area contributed by atoms with Crippen molar-refractivity contribution in [2.75, 3.05) is 6.61 Å². The van der Waals surface area contributed by atoms with Gasteiger partial charge in [-0.1, -0.05) is 13.3 Å². The molecule has 0 unspecified atom stereocenters. The Morgan fingerprint density at radius 2 is 2.46 bits per heavy atom. The summed E-state index contributed by atoms with van der Waals surface area (Å²) in [5.41, 5.74) is 0.0566. The van der Waals surface area contributed by atoms with Crippen molar-refractivity contribution in [1.82, 2.24) is 4.98 Å². The van der Waals surface area contributed by atoms with Crippen LogP contribution in [-0.4, -0.2) is 17.6 Å². The fourth-order valence-electron chi connectivity index (χ4n) is 0.767. The standard InChI is InChI=1S/C8H11NO4/c1-2-3-4-12-7(10)6-5-13-8(11)9-6/h5H,2-4H2,1H3,(H,9,11). The lowest BCUT2D eigenvalue weighted by Gasteiger charge is -1.99. The summed E-state index contributed by atoms with van der Waals surface area (Å²) in [6.07, 6.45) is 2.82. The largest absolute Gasteiger partial charge is 0.461 e. The number of ether oxygens (including phenoxy) is 1. The molecule has 0 bridgehead atoms. The molecule has 1 rings (SSSR count). The number of carbonyl (C=O) groups excluding carboxylic acids is 1. The number of H-pyrrole nitrogens is 1. The van der Waals surface area contributed by atoms with Crippen molar-refractivity contribution in [2.24, 2.45) is 0 Å². The topological polar surface area (TPSA) is 72.3 Å². The second kappa shape index (κ2) is 4.49. The number of rotatable bonds is 4. The number of esters is 1. The molecular formula is C8H11NO4. The first-order valence-corrected chi connectivity index (χ1v) is 4.09. The molecule has 72 valence electrons. The summed E-state index contributed by atoms with van der Waals surface area (Å²) in [6, 6.07) is 0. The predicted octanol–water partition coefficient (Wildman–Crippen LogP) is 0.925. The molecule has 5 nitrogen and oxygen atoms in total. The highest BCUT2D eigenvalue weighted by molar-refractivity contribution is 5.86. The molecule has 0 radical (unpaired) electrons. The second-order valence-corrected chi connectivity index (χ2v) is 2.55. The van der Waals surface area contributed by atoms with Crippen molar-refractivity contribution < 1.29 is 13.9 Å². The van der Waals surface area contributed by atoms with Crippen LogP contribution < -0.4 is 5.76 Å². The van der Waals surface area contributed by atoms with Gasteiger partial charge in [-0.05, 0) is 6.42 Å². The van der Waals surface area contributed by atoms with Crippen LogP contribution in [0.2, 0.25) is 0 Å². The smallest absolute Gasteiger partial charge is 0.416 e. The average molecular weight is 185 g/mol. The van der Waals surface area contributed by atoms with Crippen LogP contribution in [0.1, 0.15) is 30.3 Å². The van der Waals surface area contributed by atoms with Crippen LogP contribution in [0.5, 0.6) is 0 Å². The summed E-state index contributed by atoms with van der Waals surface area (Å²) in [5, 5.41) is 0. The fourth-order valence-corrected chi connectivity index (χ4v) is 0.767. The summed E-state index contributed by atoms with van der Waals surface area (Å²) in [6.45, 7) is 2.36. The minimum Gasteiger partial charge on any atom is -0.461 e. The van der Waals surface area contributed by atoms with Crippen molar-refractivity contribution in [3.05, 3.63) is 22.5 Å². The molecule has 0 aliphatic heterocycles. The molecule has 0 aliphatic rings. The molecule has 13 heavy (non-hydrogen) atoms. The normalized spacial score (nSPS) is 9.92. The van der Waals surface area contributed by atoms with Crippen LogP contribution in [0, 0.1) is 0 Å². The first kappa shape index (κ1) is 9.57. The Bertz CT molecular complexity index is 325. The van der Waals surface area contributed by atoms with Crippen LogP contribution in [0.3, 0.4) is 0 Å². The predicted molar refractivity (Wildman–Crippen MR) is 44.5 cm³/mol. The molecule has 0 saturated carbocycles. The van der Waals surface area contributed by atoms with Gasteiger partial charge in [0.25, 0.3) is 0 Å². The van der Waals surface area contributed by atoms with Gasteiger partial charge in [-0.15, -0.1) is 0 Å². The van der Waals surface area contributed by atoms with Gasteiger partial charge in [0, 0.05) is 0 Å². The van der Waals surface area contributed by atoms with Crippen molar-refractivity contribution in [3.63, 3.8) is 0 Å². The van der Waals surface area contributed by atoms with Gasteiger partial charge in [-0.3, -0.25) is 4.98 Å². The number of aromatic nitrogens is 1. The highest BCUT2D eigenvalue weighted by atomic mass is 16.5. The van der Waals surface area contributed by atoms with E-state index in [-0.39, 0.29) is 5.69 Å². The van der Waals surface area contributed by atoms with Gasteiger partial charge < -0.3 is 9.15 Å². The Balaban J connectivity index is 2.44. The van der Waals surface area contributed by atoms with Gasteiger partial charge in [-0.2, -0.15) is 0 Å². The minimum absolute atomic E-state index is 0.0566. The molecule has 0 amide bonds. The number of aromatic amines is 1. The lowest BCUT2D eigenvalue weighted by molar-refractivity contribution is 0.0493. The molecule has 0 spiro atoms. The number of hydrogen-bond donors (Lipinski definition) is 1. The summed E-state index contributed by atoms with van der Waals surface area (Å²) >= 11 is 0. The van der Waals surface area contributed by atoms with Crippen LogP contribution in [0.4, 0.5) is 0 Å². The summed E-state index contributed by atoms with van der Waals surface area (Å²) in [4.78, 5) is 23.8. The first-order valence-electron chi connectivity index (χ1n) is 4.09. The Kier molecular flexibility index (Phi) is 3.31.